The van der Waals surface area contributed by atoms with Crippen molar-refractivity contribution in [3.63, 3.8) is 0 Å². The average molecular weight is 202 g/mol. The van der Waals surface area contributed by atoms with E-state index in [9.17, 15) is 4.39 Å². The zero-order valence-corrected chi connectivity index (χ0v) is 8.71. The maximum absolute atomic E-state index is 13.6. The summed E-state index contributed by atoms with van der Waals surface area (Å²) in [5.41, 5.74) is 2.57. The van der Waals surface area contributed by atoms with Gasteiger partial charge in [-0.25, -0.2) is 9.24 Å². The van der Waals surface area contributed by atoms with Gasteiger partial charge in [-0.05, 0) is 18.1 Å². The summed E-state index contributed by atoms with van der Waals surface area (Å²) >= 11 is 0. The summed E-state index contributed by atoms with van der Waals surface area (Å²) < 4.78 is 13.6. The van der Waals surface area contributed by atoms with E-state index in [2.05, 4.69) is 9.84 Å². The second-order valence-electron chi connectivity index (χ2n) is 3.97. The first-order valence-corrected chi connectivity index (χ1v) is 4.89. The minimum Gasteiger partial charge on any atom is -0.258 e. The van der Waals surface area contributed by atoms with E-state index in [0.29, 0.717) is 29.3 Å². The van der Waals surface area contributed by atoms with Crippen LogP contribution in [0.15, 0.2) is 17.1 Å². The van der Waals surface area contributed by atoms with E-state index in [1.165, 1.54) is 6.07 Å². The van der Waals surface area contributed by atoms with Crippen LogP contribution in [-0.4, -0.2) is 5.71 Å². The van der Waals surface area contributed by atoms with E-state index in [-0.39, 0.29) is 5.82 Å². The molecule has 0 radical (unpaired) electrons. The van der Waals surface area contributed by atoms with Gasteiger partial charge >= 0.3 is 0 Å². The lowest BCUT2D eigenvalue weighted by atomic mass is 10.0. The molecule has 0 aliphatic carbocycles. The molecule has 0 fully saturated rings. The van der Waals surface area contributed by atoms with Crippen molar-refractivity contribution in [1.82, 2.24) is 0 Å². The Bertz CT molecular complexity index is 481. The molecule has 2 nitrogen and oxygen atoms in total. The number of benzene rings is 1. The summed E-state index contributed by atoms with van der Waals surface area (Å²) in [6, 6.07) is 2.94. The summed E-state index contributed by atoms with van der Waals surface area (Å²) in [6.07, 6.45) is 0.580. The zero-order chi connectivity index (χ0) is 11.0. The van der Waals surface area contributed by atoms with Gasteiger partial charge in [-0.1, -0.05) is 13.8 Å². The SMILES string of the molecule is [C-]#[N+]c1cc(F)c2c(c1)N=C(C(C)C)C2. The Labute approximate surface area is 88.3 Å². The second-order valence-corrected chi connectivity index (χ2v) is 3.97. The van der Waals surface area contributed by atoms with Gasteiger partial charge in [0, 0.05) is 17.7 Å². The fourth-order valence-corrected chi connectivity index (χ4v) is 1.66. The van der Waals surface area contributed by atoms with Gasteiger partial charge in [0.1, 0.15) is 5.82 Å². The molecular formula is C12H11FN2. The van der Waals surface area contributed by atoms with E-state index in [0.717, 1.165) is 5.71 Å². The topological polar surface area (TPSA) is 16.7 Å². The van der Waals surface area contributed by atoms with Gasteiger partial charge in [-0.15, -0.1) is 0 Å². The Morgan fingerprint density at radius 2 is 2.20 bits per heavy atom. The Morgan fingerprint density at radius 1 is 1.47 bits per heavy atom. The van der Waals surface area contributed by atoms with E-state index < -0.39 is 0 Å². The predicted molar refractivity (Wildman–Crippen MR) is 58.3 cm³/mol. The number of hydrogen-bond donors (Lipinski definition) is 0. The first-order valence-electron chi connectivity index (χ1n) is 4.89. The molecule has 0 unspecified atom stereocenters. The van der Waals surface area contributed by atoms with Crippen molar-refractivity contribution in [3.8, 4) is 0 Å². The first-order chi connectivity index (χ1) is 7.11. The molecular weight excluding hydrogens is 191 g/mol. The van der Waals surface area contributed by atoms with Crippen LogP contribution in [0.4, 0.5) is 15.8 Å². The Balaban J connectivity index is 2.49. The van der Waals surface area contributed by atoms with Gasteiger partial charge in [-0.3, -0.25) is 4.99 Å². The molecule has 0 N–H and O–H groups in total. The number of hydrogen-bond acceptors (Lipinski definition) is 1. The highest BCUT2D eigenvalue weighted by molar-refractivity contribution is 5.95. The second kappa shape index (κ2) is 3.47. The summed E-state index contributed by atoms with van der Waals surface area (Å²) in [5, 5.41) is 0. The fraction of sp³-hybridized carbons (Fsp3) is 0.333. The van der Waals surface area contributed by atoms with Crippen molar-refractivity contribution in [3.05, 3.63) is 34.9 Å². The van der Waals surface area contributed by atoms with E-state index >= 15 is 0 Å². The lowest BCUT2D eigenvalue weighted by molar-refractivity contribution is 0.618. The number of aliphatic imine (C=N–C) groups is 1. The third-order valence-corrected chi connectivity index (χ3v) is 2.57. The molecule has 2 rings (SSSR count). The lowest BCUT2D eigenvalue weighted by Crippen LogP contribution is -2.06. The molecule has 0 saturated carbocycles. The van der Waals surface area contributed by atoms with Crippen LogP contribution < -0.4 is 0 Å². The van der Waals surface area contributed by atoms with Crippen LogP contribution in [0.1, 0.15) is 19.4 Å². The Hall–Kier alpha value is -1.69. The molecule has 1 aliphatic heterocycles. The monoisotopic (exact) mass is 202 g/mol. The molecule has 1 aromatic rings. The lowest BCUT2D eigenvalue weighted by Gasteiger charge is -2.02. The van der Waals surface area contributed by atoms with Crippen molar-refractivity contribution >= 4 is 17.1 Å². The molecule has 1 aromatic carbocycles. The summed E-state index contributed by atoms with van der Waals surface area (Å²) in [5.74, 6) is 0.0195. The van der Waals surface area contributed by atoms with Crippen LogP contribution in [0.5, 0.6) is 0 Å². The van der Waals surface area contributed by atoms with Gasteiger partial charge < -0.3 is 0 Å². The van der Waals surface area contributed by atoms with Crippen molar-refractivity contribution in [2.45, 2.75) is 20.3 Å². The third kappa shape index (κ3) is 1.63. The third-order valence-electron chi connectivity index (χ3n) is 2.57. The Morgan fingerprint density at radius 3 is 2.80 bits per heavy atom. The van der Waals surface area contributed by atoms with E-state index in [4.69, 9.17) is 6.57 Å². The highest BCUT2D eigenvalue weighted by Crippen LogP contribution is 2.34. The van der Waals surface area contributed by atoms with Crippen LogP contribution >= 0.6 is 0 Å². The molecule has 3 heteroatoms. The zero-order valence-electron chi connectivity index (χ0n) is 8.71. The molecule has 0 saturated heterocycles. The van der Waals surface area contributed by atoms with Crippen LogP contribution in [0, 0.1) is 18.3 Å². The van der Waals surface area contributed by atoms with E-state index in [1.807, 2.05) is 13.8 Å². The summed E-state index contributed by atoms with van der Waals surface area (Å²) in [7, 11) is 0. The van der Waals surface area contributed by atoms with Gasteiger partial charge in [0.25, 0.3) is 0 Å². The fourth-order valence-electron chi connectivity index (χ4n) is 1.66. The van der Waals surface area contributed by atoms with Crippen LogP contribution in [0.25, 0.3) is 4.85 Å². The minimum absolute atomic E-state index is 0.307. The largest absolute Gasteiger partial charge is 0.258 e. The molecule has 0 spiro atoms. The van der Waals surface area contributed by atoms with Gasteiger partial charge in [0.15, 0.2) is 5.69 Å². The summed E-state index contributed by atoms with van der Waals surface area (Å²) in [4.78, 5) is 7.57. The molecule has 0 atom stereocenters. The molecule has 76 valence electrons. The van der Waals surface area contributed by atoms with E-state index in [1.54, 1.807) is 6.07 Å². The Kier molecular flexibility index (Phi) is 2.28. The normalized spacial score (nSPS) is 13.7. The number of fused-ring (bicyclic) bond motifs is 1. The van der Waals surface area contributed by atoms with Crippen LogP contribution in [0.2, 0.25) is 0 Å². The number of rotatable bonds is 1. The van der Waals surface area contributed by atoms with Crippen molar-refractivity contribution in [2.75, 3.05) is 0 Å². The smallest absolute Gasteiger partial charge is 0.192 e. The molecule has 0 aromatic heterocycles. The van der Waals surface area contributed by atoms with Crippen molar-refractivity contribution in [2.24, 2.45) is 10.9 Å². The molecule has 15 heavy (non-hydrogen) atoms. The maximum atomic E-state index is 13.6. The highest BCUT2D eigenvalue weighted by atomic mass is 19.1. The van der Waals surface area contributed by atoms with Gasteiger partial charge in [-0.2, -0.15) is 0 Å². The average Bonchev–Trinajstić information content (AvgIpc) is 2.61. The van der Waals surface area contributed by atoms with Crippen LogP contribution in [-0.2, 0) is 6.42 Å². The van der Waals surface area contributed by atoms with Crippen molar-refractivity contribution in [1.29, 1.82) is 0 Å². The van der Waals surface area contributed by atoms with Gasteiger partial charge in [0.2, 0.25) is 0 Å². The van der Waals surface area contributed by atoms with Gasteiger partial charge in [0.05, 0.1) is 12.3 Å². The first kappa shape index (κ1) is 9.85. The molecule has 0 amide bonds. The predicted octanol–water partition coefficient (Wildman–Crippen LogP) is 3.66. The highest BCUT2D eigenvalue weighted by Gasteiger charge is 2.20. The molecule has 0 bridgehead atoms. The van der Waals surface area contributed by atoms with Crippen molar-refractivity contribution < 1.29 is 4.39 Å². The number of nitrogens with zero attached hydrogens (tertiary/aromatic N) is 2. The number of halogens is 1. The standard InChI is InChI=1S/C12H11FN2/c1-7(2)11-6-9-10(13)4-8(14-3)5-12(9)15-11/h4-5,7H,6H2,1-2H3. The minimum atomic E-state index is -0.307. The summed E-state index contributed by atoms with van der Waals surface area (Å²) in [6.45, 7) is 10.9. The molecule has 1 aliphatic rings. The molecule has 1 heterocycles. The van der Waals surface area contributed by atoms with Crippen LogP contribution in [0.3, 0.4) is 0 Å². The maximum Gasteiger partial charge on any atom is 0.192 e. The quantitative estimate of drug-likeness (QED) is 0.618.